The average molecular weight is 296 g/mol. The van der Waals surface area contributed by atoms with Crippen molar-refractivity contribution in [3.8, 4) is 0 Å². The van der Waals surface area contributed by atoms with Crippen molar-refractivity contribution in [2.24, 2.45) is 0 Å². The largest absolute Gasteiger partial charge is 0.478 e. The molecule has 1 aliphatic rings. The number of esters is 1. The van der Waals surface area contributed by atoms with Gasteiger partial charge in [-0.1, -0.05) is 0 Å². The summed E-state index contributed by atoms with van der Waals surface area (Å²) < 4.78 is 4.56. The van der Waals surface area contributed by atoms with Crippen LogP contribution in [0.4, 0.5) is 0 Å². The van der Waals surface area contributed by atoms with Crippen molar-refractivity contribution in [1.82, 2.24) is 4.90 Å². The molecule has 18 heavy (non-hydrogen) atoms. The highest BCUT2D eigenvalue weighted by Crippen LogP contribution is 2.12. The number of thioether (sulfide) groups is 1. The third-order valence-corrected chi connectivity index (χ3v) is 3.49. The molecule has 0 aromatic rings. The molecular formula is C11H18ClNO4S. The van der Waals surface area contributed by atoms with Crippen LogP contribution in [0.2, 0.25) is 0 Å². The van der Waals surface area contributed by atoms with Gasteiger partial charge in [0.2, 0.25) is 0 Å². The Morgan fingerprint density at radius 2 is 2.00 bits per heavy atom. The molecule has 0 radical (unpaired) electrons. The molecule has 0 aliphatic carbocycles. The Kier molecular flexibility index (Phi) is 8.87. The highest BCUT2D eigenvalue weighted by Gasteiger charge is 2.15. The van der Waals surface area contributed by atoms with Crippen molar-refractivity contribution in [2.45, 2.75) is 6.42 Å². The molecule has 0 atom stereocenters. The maximum absolute atomic E-state index is 11.3. The quantitative estimate of drug-likeness (QED) is 0.604. The molecule has 1 rings (SSSR count). The smallest absolute Gasteiger partial charge is 0.334 e. The molecule has 0 bridgehead atoms. The zero-order valence-electron chi connectivity index (χ0n) is 10.3. The van der Waals surface area contributed by atoms with Gasteiger partial charge in [0.25, 0.3) is 0 Å². The van der Waals surface area contributed by atoms with Crippen LogP contribution in [0.15, 0.2) is 11.6 Å². The number of hydrogen-bond acceptors (Lipinski definition) is 5. The molecular weight excluding hydrogens is 278 g/mol. The van der Waals surface area contributed by atoms with Crippen molar-refractivity contribution in [2.75, 3.05) is 38.2 Å². The van der Waals surface area contributed by atoms with E-state index in [4.69, 9.17) is 5.11 Å². The summed E-state index contributed by atoms with van der Waals surface area (Å²) in [5, 5.41) is 8.66. The summed E-state index contributed by atoms with van der Waals surface area (Å²) in [6, 6.07) is 0. The van der Waals surface area contributed by atoms with Gasteiger partial charge in [-0.25, -0.2) is 9.59 Å². The average Bonchev–Trinajstić information content (AvgIpc) is 2.34. The molecule has 1 fully saturated rings. The van der Waals surface area contributed by atoms with Crippen molar-refractivity contribution < 1.29 is 19.4 Å². The van der Waals surface area contributed by atoms with E-state index in [2.05, 4.69) is 9.64 Å². The fourth-order valence-electron chi connectivity index (χ4n) is 1.62. The molecule has 1 aliphatic heterocycles. The first-order valence-corrected chi connectivity index (χ1v) is 6.61. The first-order chi connectivity index (χ1) is 8.13. The van der Waals surface area contributed by atoms with E-state index in [0.29, 0.717) is 13.0 Å². The molecule has 0 aromatic heterocycles. The second kappa shape index (κ2) is 9.24. The van der Waals surface area contributed by atoms with E-state index in [0.717, 1.165) is 30.7 Å². The van der Waals surface area contributed by atoms with Crippen molar-refractivity contribution >= 4 is 36.1 Å². The number of methoxy groups -OCH3 is 1. The minimum Gasteiger partial charge on any atom is -0.478 e. The summed E-state index contributed by atoms with van der Waals surface area (Å²) in [7, 11) is 1.26. The van der Waals surface area contributed by atoms with Crippen LogP contribution in [0, 0.1) is 0 Å². The van der Waals surface area contributed by atoms with E-state index in [1.54, 1.807) is 0 Å². The fraction of sp³-hybridized carbons (Fsp3) is 0.636. The number of carbonyl (C=O) groups excluding carboxylic acids is 1. The fourth-order valence-corrected chi connectivity index (χ4v) is 2.60. The number of carboxylic acid groups (broad SMARTS) is 1. The summed E-state index contributed by atoms with van der Waals surface area (Å²) >= 11 is 1.91. The van der Waals surface area contributed by atoms with Gasteiger partial charge in [-0.05, 0) is 6.42 Å². The van der Waals surface area contributed by atoms with Gasteiger partial charge in [0, 0.05) is 42.8 Å². The van der Waals surface area contributed by atoms with E-state index < -0.39 is 11.9 Å². The summed E-state index contributed by atoms with van der Waals surface area (Å²) in [5.41, 5.74) is 0.221. The van der Waals surface area contributed by atoms with Gasteiger partial charge >= 0.3 is 11.9 Å². The lowest BCUT2D eigenvalue weighted by Gasteiger charge is -2.26. The van der Waals surface area contributed by atoms with E-state index in [1.807, 2.05) is 11.8 Å². The maximum Gasteiger partial charge on any atom is 0.334 e. The Morgan fingerprint density at radius 1 is 1.39 bits per heavy atom. The van der Waals surface area contributed by atoms with Gasteiger partial charge in [0.15, 0.2) is 0 Å². The number of ether oxygens (including phenoxy) is 1. The second-order valence-corrected chi connectivity index (χ2v) is 4.93. The lowest BCUT2D eigenvalue weighted by Crippen LogP contribution is -2.34. The number of rotatable bonds is 5. The van der Waals surface area contributed by atoms with E-state index in [1.165, 1.54) is 7.11 Å². The predicted octanol–water partition coefficient (Wildman–Crippen LogP) is 1.03. The minimum absolute atomic E-state index is 0. The Balaban J connectivity index is 0.00000289. The Bertz CT molecular complexity index is 316. The van der Waals surface area contributed by atoms with E-state index in [-0.39, 0.29) is 18.0 Å². The van der Waals surface area contributed by atoms with Crippen molar-refractivity contribution in [3.05, 3.63) is 11.6 Å². The van der Waals surface area contributed by atoms with Gasteiger partial charge in [0.1, 0.15) is 0 Å². The summed E-state index contributed by atoms with van der Waals surface area (Å²) in [4.78, 5) is 24.2. The number of halogens is 1. The lowest BCUT2D eigenvalue weighted by molar-refractivity contribution is -0.137. The Morgan fingerprint density at radius 3 is 2.50 bits per heavy atom. The molecule has 0 unspecified atom stereocenters. The molecule has 1 heterocycles. The van der Waals surface area contributed by atoms with E-state index >= 15 is 0 Å². The van der Waals surface area contributed by atoms with Gasteiger partial charge in [-0.15, -0.1) is 12.4 Å². The Hall–Kier alpha value is -0.720. The number of hydrogen-bond donors (Lipinski definition) is 1. The van der Waals surface area contributed by atoms with Crippen LogP contribution < -0.4 is 0 Å². The first kappa shape index (κ1) is 17.3. The summed E-state index contributed by atoms with van der Waals surface area (Å²) in [5.74, 6) is 0.519. The van der Waals surface area contributed by atoms with Crippen LogP contribution >= 0.6 is 24.2 Å². The molecule has 0 aromatic carbocycles. The van der Waals surface area contributed by atoms with Crippen LogP contribution in [0.1, 0.15) is 6.42 Å². The third-order valence-electron chi connectivity index (χ3n) is 2.55. The topological polar surface area (TPSA) is 66.8 Å². The van der Waals surface area contributed by atoms with Crippen LogP contribution in [0.3, 0.4) is 0 Å². The molecule has 0 saturated carbocycles. The van der Waals surface area contributed by atoms with Gasteiger partial charge in [-0.2, -0.15) is 11.8 Å². The van der Waals surface area contributed by atoms with Crippen molar-refractivity contribution in [1.29, 1.82) is 0 Å². The van der Waals surface area contributed by atoms with Crippen LogP contribution in [-0.2, 0) is 14.3 Å². The van der Waals surface area contributed by atoms with Crippen LogP contribution in [0.5, 0.6) is 0 Å². The molecule has 7 heteroatoms. The van der Waals surface area contributed by atoms with Gasteiger partial charge in [0.05, 0.1) is 7.11 Å². The minimum atomic E-state index is -1.11. The van der Waals surface area contributed by atoms with Gasteiger partial charge in [-0.3, -0.25) is 0 Å². The number of carboxylic acids is 1. The molecule has 5 nitrogen and oxygen atoms in total. The summed E-state index contributed by atoms with van der Waals surface area (Å²) in [6.45, 7) is 2.69. The molecule has 1 N–H and O–H groups in total. The van der Waals surface area contributed by atoms with Crippen molar-refractivity contribution in [3.63, 3.8) is 0 Å². The lowest BCUT2D eigenvalue weighted by atomic mass is 10.1. The normalized spacial score (nSPS) is 16.8. The SMILES string of the molecule is COC(=O)/C(=C/C(=O)O)CCN1CCSCC1.Cl. The third kappa shape index (κ3) is 6.28. The highest BCUT2D eigenvalue weighted by atomic mass is 35.5. The molecule has 0 amide bonds. The van der Waals surface area contributed by atoms with E-state index in [9.17, 15) is 9.59 Å². The van der Waals surface area contributed by atoms with Gasteiger partial charge < -0.3 is 14.7 Å². The standard InChI is InChI=1S/C11H17NO4S.ClH/c1-16-11(15)9(8-10(13)14)2-3-12-4-6-17-7-5-12;/h8H,2-7H2,1H3,(H,13,14);1H/b9-8+;. The second-order valence-electron chi connectivity index (χ2n) is 3.70. The zero-order chi connectivity index (χ0) is 12.7. The predicted molar refractivity (Wildman–Crippen MR) is 73.4 cm³/mol. The monoisotopic (exact) mass is 295 g/mol. The number of nitrogens with zero attached hydrogens (tertiary/aromatic N) is 1. The number of carbonyl (C=O) groups is 2. The van der Waals surface area contributed by atoms with Crippen LogP contribution in [0.25, 0.3) is 0 Å². The highest BCUT2D eigenvalue weighted by molar-refractivity contribution is 7.99. The molecule has 1 saturated heterocycles. The Labute approximate surface area is 117 Å². The zero-order valence-corrected chi connectivity index (χ0v) is 11.9. The van der Waals surface area contributed by atoms with Crippen LogP contribution in [-0.4, -0.2) is 60.2 Å². The first-order valence-electron chi connectivity index (χ1n) is 5.45. The summed E-state index contributed by atoms with van der Waals surface area (Å²) in [6.07, 6.45) is 1.36. The number of aliphatic carboxylic acids is 1. The molecule has 104 valence electrons. The molecule has 0 spiro atoms. The maximum atomic E-state index is 11.3.